The molecular formula is C37H54O8. The molecule has 250 valence electrons. The minimum Gasteiger partial charge on any atom is -0.469 e. The van der Waals surface area contributed by atoms with Crippen LogP contribution in [0.4, 0.5) is 0 Å². The summed E-state index contributed by atoms with van der Waals surface area (Å²) >= 11 is 0. The zero-order chi connectivity index (χ0) is 32.4. The van der Waals surface area contributed by atoms with E-state index in [1.807, 2.05) is 6.08 Å². The summed E-state index contributed by atoms with van der Waals surface area (Å²) in [6, 6.07) is 0. The Bertz CT molecular complexity index is 1200. The molecule has 1 aliphatic heterocycles. The van der Waals surface area contributed by atoms with E-state index in [1.165, 1.54) is 52.2 Å². The van der Waals surface area contributed by atoms with Crippen molar-refractivity contribution >= 4 is 17.9 Å². The summed E-state index contributed by atoms with van der Waals surface area (Å²) in [6.07, 6.45) is 18.4. The van der Waals surface area contributed by atoms with E-state index < -0.39 is 30.4 Å². The molecule has 45 heavy (non-hydrogen) atoms. The Morgan fingerprint density at radius 2 is 1.80 bits per heavy atom. The number of methoxy groups -OCH3 is 1. The lowest BCUT2D eigenvalue weighted by molar-refractivity contribution is -0.213. The molecule has 0 aromatic heterocycles. The van der Waals surface area contributed by atoms with Crippen LogP contribution in [-0.2, 0) is 38.1 Å². The molecule has 8 heteroatoms. The molecule has 3 fully saturated rings. The number of fused-ring (bicyclic) bond motifs is 5. The number of carbonyl (C=O) groups excluding carboxylic acids is 3. The Balaban J connectivity index is 1.21. The Hall–Kier alpha value is -2.45. The number of esters is 3. The summed E-state index contributed by atoms with van der Waals surface area (Å²) in [6.45, 7) is 10.1. The van der Waals surface area contributed by atoms with Crippen LogP contribution in [0, 0.1) is 34.5 Å². The Kier molecular flexibility index (Phi) is 10.6. The van der Waals surface area contributed by atoms with Crippen molar-refractivity contribution < 1.29 is 38.1 Å². The first-order valence-electron chi connectivity index (χ1n) is 17.2. The van der Waals surface area contributed by atoms with Gasteiger partial charge in [-0.05, 0) is 118 Å². The van der Waals surface area contributed by atoms with Crippen molar-refractivity contribution in [2.45, 2.75) is 130 Å². The first-order valence-corrected chi connectivity index (χ1v) is 17.2. The van der Waals surface area contributed by atoms with Gasteiger partial charge in [0, 0.05) is 20.3 Å². The van der Waals surface area contributed by atoms with E-state index in [-0.39, 0.29) is 24.1 Å². The largest absolute Gasteiger partial charge is 0.469 e. The van der Waals surface area contributed by atoms with E-state index in [2.05, 4.69) is 32.9 Å². The number of hydrogen-bond donors (Lipinski definition) is 0. The van der Waals surface area contributed by atoms with Crippen molar-refractivity contribution in [1.29, 1.82) is 0 Å². The number of carbonyl (C=O) groups is 3. The molecule has 0 radical (unpaired) electrons. The minimum absolute atomic E-state index is 0.0000934. The predicted molar refractivity (Wildman–Crippen MR) is 170 cm³/mol. The van der Waals surface area contributed by atoms with Crippen LogP contribution in [0.3, 0.4) is 0 Å². The summed E-state index contributed by atoms with van der Waals surface area (Å²) in [5, 5.41) is 0. The van der Waals surface area contributed by atoms with Gasteiger partial charge in [-0.3, -0.25) is 14.4 Å². The average molecular weight is 627 g/mol. The number of hydrogen-bond acceptors (Lipinski definition) is 8. The molecule has 0 spiro atoms. The van der Waals surface area contributed by atoms with Crippen LogP contribution < -0.4 is 0 Å². The predicted octanol–water partition coefficient (Wildman–Crippen LogP) is 7.02. The third-order valence-corrected chi connectivity index (χ3v) is 12.1. The van der Waals surface area contributed by atoms with Gasteiger partial charge < -0.3 is 23.7 Å². The topological polar surface area (TPSA) is 97.4 Å². The lowest BCUT2D eigenvalue weighted by Crippen LogP contribution is -2.51. The summed E-state index contributed by atoms with van der Waals surface area (Å²) < 4.78 is 28.0. The molecule has 4 aliphatic carbocycles. The molecule has 5 aliphatic rings. The average Bonchev–Trinajstić information content (AvgIpc) is 3.36. The lowest BCUT2D eigenvalue weighted by atomic mass is 9.47. The molecule has 8 nitrogen and oxygen atoms in total. The van der Waals surface area contributed by atoms with Crippen LogP contribution in [0.25, 0.3) is 0 Å². The standard InChI is InChI=1S/C37H54O8/c1-23(9-7-8-10-34(40)41-6)29-13-14-30-28-12-11-26-21-27(17-19-36(26,4)31(28)18-20-37(29,30)5)44-35-16-15-32(43-25(3)39)33(45-35)22-42-24(2)38/h9,11,15-16,27-33,35H,7-8,10,12-14,17-22H2,1-6H3/t27-,28-,29+,30-,31-,32-,33+,35?,36-,37+/m0/s1. The molecule has 5 rings (SSSR count). The molecule has 0 saturated heterocycles. The van der Waals surface area contributed by atoms with Crippen LogP contribution in [0.5, 0.6) is 0 Å². The van der Waals surface area contributed by atoms with Crippen LogP contribution >= 0.6 is 0 Å². The Morgan fingerprint density at radius 1 is 1.00 bits per heavy atom. The second-order valence-corrected chi connectivity index (χ2v) is 14.7. The highest BCUT2D eigenvalue weighted by Gasteiger charge is 2.58. The fraction of sp³-hybridized carbons (Fsp3) is 0.757. The van der Waals surface area contributed by atoms with Crippen molar-refractivity contribution in [3.05, 3.63) is 35.5 Å². The molecule has 0 N–H and O–H groups in total. The van der Waals surface area contributed by atoms with Crippen LogP contribution in [0.2, 0.25) is 0 Å². The third-order valence-electron chi connectivity index (χ3n) is 12.1. The number of ether oxygens (including phenoxy) is 5. The molecule has 3 saturated carbocycles. The van der Waals surface area contributed by atoms with Crippen LogP contribution in [0.1, 0.15) is 105 Å². The number of rotatable bonds is 10. The molecule has 10 atom stereocenters. The third kappa shape index (κ3) is 7.27. The Morgan fingerprint density at radius 3 is 2.53 bits per heavy atom. The lowest BCUT2D eigenvalue weighted by Gasteiger charge is -2.58. The van der Waals surface area contributed by atoms with E-state index in [1.54, 1.807) is 11.6 Å². The summed E-state index contributed by atoms with van der Waals surface area (Å²) in [7, 11) is 1.46. The van der Waals surface area contributed by atoms with Gasteiger partial charge in [-0.1, -0.05) is 37.1 Å². The zero-order valence-corrected chi connectivity index (χ0v) is 28.2. The highest BCUT2D eigenvalue weighted by Crippen LogP contribution is 2.67. The second-order valence-electron chi connectivity index (χ2n) is 14.7. The maximum absolute atomic E-state index is 11.6. The van der Waals surface area contributed by atoms with Crippen molar-refractivity contribution in [2.75, 3.05) is 13.7 Å². The smallest absolute Gasteiger partial charge is 0.305 e. The molecule has 0 bridgehead atoms. The van der Waals surface area contributed by atoms with Gasteiger partial charge in [0.2, 0.25) is 0 Å². The zero-order valence-electron chi connectivity index (χ0n) is 28.2. The molecule has 0 amide bonds. The Labute approximate surface area is 269 Å². The van der Waals surface area contributed by atoms with Gasteiger partial charge in [-0.2, -0.15) is 0 Å². The van der Waals surface area contributed by atoms with Crippen molar-refractivity contribution in [3.63, 3.8) is 0 Å². The summed E-state index contributed by atoms with van der Waals surface area (Å²) in [4.78, 5) is 34.5. The molecule has 1 heterocycles. The monoisotopic (exact) mass is 626 g/mol. The van der Waals surface area contributed by atoms with Crippen molar-refractivity contribution in [2.24, 2.45) is 34.5 Å². The fourth-order valence-corrected chi connectivity index (χ4v) is 9.84. The van der Waals surface area contributed by atoms with Crippen LogP contribution in [-0.4, -0.2) is 56.2 Å². The maximum Gasteiger partial charge on any atom is 0.305 e. The SMILES string of the molecule is COC(=O)CCCC=C(C)[C@H]1CC[C@H]2[C@@H]3CC=C4C[C@@H](OC5C=C[C@H](OC(C)=O)[C@@H](COC(C)=O)O5)CC[C@]4(C)[C@H]3CC[C@]12C. The fourth-order valence-electron chi connectivity index (χ4n) is 9.84. The first kappa shape index (κ1) is 33.9. The number of allylic oxidation sites excluding steroid dienone is 3. The first-order chi connectivity index (χ1) is 21.4. The van der Waals surface area contributed by atoms with E-state index in [4.69, 9.17) is 23.7 Å². The van der Waals surface area contributed by atoms with E-state index >= 15 is 0 Å². The van der Waals surface area contributed by atoms with E-state index in [0.717, 1.165) is 50.4 Å². The van der Waals surface area contributed by atoms with Crippen molar-refractivity contribution in [3.8, 4) is 0 Å². The minimum atomic E-state index is -0.618. The quantitative estimate of drug-likeness (QED) is 0.111. The van der Waals surface area contributed by atoms with Gasteiger partial charge in [0.15, 0.2) is 6.29 Å². The van der Waals surface area contributed by atoms with Gasteiger partial charge in [-0.15, -0.1) is 0 Å². The normalized spacial score (nSPS) is 39.2. The van der Waals surface area contributed by atoms with E-state index in [0.29, 0.717) is 23.7 Å². The molecule has 0 aromatic rings. The highest BCUT2D eigenvalue weighted by molar-refractivity contribution is 5.69. The van der Waals surface area contributed by atoms with Gasteiger partial charge in [0.05, 0.1) is 13.2 Å². The molecule has 0 aromatic carbocycles. The summed E-state index contributed by atoms with van der Waals surface area (Å²) in [5.41, 5.74) is 3.63. The second kappa shape index (κ2) is 14.1. The van der Waals surface area contributed by atoms with Gasteiger partial charge in [-0.25, -0.2) is 0 Å². The van der Waals surface area contributed by atoms with Gasteiger partial charge >= 0.3 is 17.9 Å². The number of unbranched alkanes of at least 4 members (excludes halogenated alkanes) is 1. The summed E-state index contributed by atoms with van der Waals surface area (Å²) in [5.74, 6) is 1.90. The van der Waals surface area contributed by atoms with Crippen LogP contribution in [0.15, 0.2) is 35.5 Å². The molecular weight excluding hydrogens is 572 g/mol. The van der Waals surface area contributed by atoms with Gasteiger partial charge in [0.1, 0.15) is 18.8 Å². The van der Waals surface area contributed by atoms with Crippen molar-refractivity contribution in [1.82, 2.24) is 0 Å². The highest BCUT2D eigenvalue weighted by atomic mass is 16.7. The van der Waals surface area contributed by atoms with E-state index in [9.17, 15) is 14.4 Å². The van der Waals surface area contributed by atoms with Gasteiger partial charge in [0.25, 0.3) is 0 Å². The molecule has 1 unspecified atom stereocenters. The maximum atomic E-state index is 11.6.